The number of amides is 2. The molecule has 2 aromatic carbocycles. The van der Waals surface area contributed by atoms with Gasteiger partial charge in [-0.25, -0.2) is 9.82 Å². The largest absolute Gasteiger partial charge is 0.343 e. The highest BCUT2D eigenvalue weighted by molar-refractivity contribution is 6.35. The number of carbonyl (C=O) groups excluding carboxylic acids is 2. The minimum absolute atomic E-state index is 0.0409. The van der Waals surface area contributed by atoms with Crippen molar-refractivity contribution in [3.05, 3.63) is 68.4 Å². The predicted molar refractivity (Wildman–Crippen MR) is 95.9 cm³/mol. The molecule has 2 N–H and O–H groups in total. The van der Waals surface area contributed by atoms with E-state index in [9.17, 15) is 14.0 Å². The molecule has 2 amide bonds. The van der Waals surface area contributed by atoms with Gasteiger partial charge in [-0.1, -0.05) is 40.9 Å². The van der Waals surface area contributed by atoms with Crippen LogP contribution < -0.4 is 10.7 Å². The van der Waals surface area contributed by atoms with E-state index < -0.39 is 17.6 Å². The molecule has 0 atom stereocenters. The van der Waals surface area contributed by atoms with Crippen LogP contribution in [-0.4, -0.2) is 24.6 Å². The third-order valence-corrected chi connectivity index (χ3v) is 3.86. The van der Waals surface area contributed by atoms with Gasteiger partial charge in [0.25, 0.3) is 11.8 Å². The van der Waals surface area contributed by atoms with Gasteiger partial charge in [0, 0.05) is 10.6 Å². The van der Waals surface area contributed by atoms with E-state index in [1.54, 1.807) is 0 Å². The monoisotopic (exact) mass is 401 g/mol. The topological polar surface area (TPSA) is 70.6 Å². The summed E-state index contributed by atoms with van der Waals surface area (Å²) in [6.07, 6.45) is 1.07. The Morgan fingerprint density at radius 3 is 2.60 bits per heavy atom. The SMILES string of the molecule is O=C(CNC(=O)c1cc(Cl)ccc1Cl)N/N=C/c1c(F)cccc1Cl. The van der Waals surface area contributed by atoms with Gasteiger partial charge < -0.3 is 5.32 Å². The Kier molecular flexibility index (Phi) is 6.75. The lowest BCUT2D eigenvalue weighted by molar-refractivity contribution is -0.120. The van der Waals surface area contributed by atoms with Crippen molar-refractivity contribution in [2.24, 2.45) is 5.10 Å². The summed E-state index contributed by atoms with van der Waals surface area (Å²) in [5.41, 5.74) is 2.33. The lowest BCUT2D eigenvalue weighted by atomic mass is 10.2. The zero-order chi connectivity index (χ0) is 18.4. The van der Waals surface area contributed by atoms with E-state index in [1.807, 2.05) is 0 Å². The third-order valence-electron chi connectivity index (χ3n) is 2.97. The second-order valence-corrected chi connectivity index (χ2v) is 5.99. The van der Waals surface area contributed by atoms with E-state index in [0.717, 1.165) is 6.21 Å². The van der Waals surface area contributed by atoms with Crippen molar-refractivity contribution in [3.63, 3.8) is 0 Å². The van der Waals surface area contributed by atoms with Gasteiger partial charge in [0.15, 0.2) is 0 Å². The van der Waals surface area contributed by atoms with Gasteiger partial charge in [0.05, 0.1) is 28.4 Å². The maximum atomic E-state index is 13.5. The Bertz CT molecular complexity index is 823. The molecule has 9 heteroatoms. The molecular weight excluding hydrogens is 392 g/mol. The minimum Gasteiger partial charge on any atom is -0.343 e. The molecule has 2 rings (SSSR count). The normalized spacial score (nSPS) is 10.7. The van der Waals surface area contributed by atoms with Crippen LogP contribution in [0.25, 0.3) is 0 Å². The lowest BCUT2D eigenvalue weighted by Crippen LogP contribution is -2.35. The first-order chi connectivity index (χ1) is 11.9. The average molecular weight is 403 g/mol. The van der Waals surface area contributed by atoms with Gasteiger partial charge in [-0.15, -0.1) is 0 Å². The van der Waals surface area contributed by atoms with Crippen LogP contribution in [0.2, 0.25) is 15.1 Å². The molecule has 2 aromatic rings. The quantitative estimate of drug-likeness (QED) is 0.592. The van der Waals surface area contributed by atoms with Crippen molar-refractivity contribution in [1.29, 1.82) is 0 Å². The molecule has 0 saturated carbocycles. The zero-order valence-corrected chi connectivity index (χ0v) is 14.8. The zero-order valence-electron chi connectivity index (χ0n) is 12.5. The summed E-state index contributed by atoms with van der Waals surface area (Å²) in [5, 5.41) is 6.66. The highest BCUT2D eigenvalue weighted by Gasteiger charge is 2.12. The van der Waals surface area contributed by atoms with Crippen LogP contribution in [0.3, 0.4) is 0 Å². The van der Waals surface area contributed by atoms with Crippen LogP contribution >= 0.6 is 34.8 Å². The molecule has 0 aliphatic carbocycles. The summed E-state index contributed by atoms with van der Waals surface area (Å²) < 4.78 is 13.5. The molecule has 0 heterocycles. The molecule has 0 unspecified atom stereocenters. The number of hydrogen-bond acceptors (Lipinski definition) is 3. The first-order valence-electron chi connectivity index (χ1n) is 6.87. The molecular formula is C16H11Cl3FN3O2. The molecule has 25 heavy (non-hydrogen) atoms. The number of carbonyl (C=O) groups is 2. The van der Waals surface area contributed by atoms with Crippen molar-refractivity contribution in [2.45, 2.75) is 0 Å². The van der Waals surface area contributed by atoms with Crippen LogP contribution in [0.15, 0.2) is 41.5 Å². The number of nitrogens with one attached hydrogen (secondary N) is 2. The smallest absolute Gasteiger partial charge is 0.259 e. The molecule has 0 radical (unpaired) electrons. The Morgan fingerprint density at radius 1 is 1.12 bits per heavy atom. The Morgan fingerprint density at radius 2 is 1.88 bits per heavy atom. The van der Waals surface area contributed by atoms with E-state index in [1.165, 1.54) is 36.4 Å². The van der Waals surface area contributed by atoms with Crippen LogP contribution in [0, 0.1) is 5.82 Å². The summed E-state index contributed by atoms with van der Waals surface area (Å²) >= 11 is 17.5. The number of rotatable bonds is 5. The fourth-order valence-corrected chi connectivity index (χ4v) is 2.36. The van der Waals surface area contributed by atoms with Crippen molar-refractivity contribution in [1.82, 2.24) is 10.7 Å². The molecule has 0 saturated heterocycles. The average Bonchev–Trinajstić information content (AvgIpc) is 2.57. The molecule has 130 valence electrons. The Labute approximate surface area is 157 Å². The third kappa shape index (κ3) is 5.42. The first-order valence-corrected chi connectivity index (χ1v) is 8.01. The number of benzene rings is 2. The van der Waals surface area contributed by atoms with Crippen LogP contribution in [0.5, 0.6) is 0 Å². The second-order valence-electron chi connectivity index (χ2n) is 4.74. The van der Waals surface area contributed by atoms with Gasteiger partial charge in [0.1, 0.15) is 5.82 Å². The summed E-state index contributed by atoms with van der Waals surface area (Å²) in [4.78, 5) is 23.6. The van der Waals surface area contributed by atoms with E-state index in [0.29, 0.717) is 5.02 Å². The van der Waals surface area contributed by atoms with E-state index >= 15 is 0 Å². The minimum atomic E-state index is -0.616. The fourth-order valence-electron chi connectivity index (χ4n) is 1.77. The predicted octanol–water partition coefficient (Wildman–Crippen LogP) is 3.67. The lowest BCUT2D eigenvalue weighted by Gasteiger charge is -2.06. The van der Waals surface area contributed by atoms with Gasteiger partial charge in [-0.3, -0.25) is 9.59 Å². The van der Waals surface area contributed by atoms with Crippen molar-refractivity contribution < 1.29 is 14.0 Å². The molecule has 0 aromatic heterocycles. The van der Waals surface area contributed by atoms with Crippen molar-refractivity contribution in [2.75, 3.05) is 6.54 Å². The highest BCUT2D eigenvalue weighted by Crippen LogP contribution is 2.20. The van der Waals surface area contributed by atoms with Crippen molar-refractivity contribution >= 4 is 52.8 Å². The maximum Gasteiger partial charge on any atom is 0.259 e. The number of hydrogen-bond donors (Lipinski definition) is 2. The van der Waals surface area contributed by atoms with Gasteiger partial charge in [-0.2, -0.15) is 5.10 Å². The molecule has 0 aliphatic rings. The van der Waals surface area contributed by atoms with E-state index in [2.05, 4.69) is 15.8 Å². The summed E-state index contributed by atoms with van der Waals surface area (Å²) in [5.74, 6) is -1.76. The number of nitrogens with zero attached hydrogens (tertiary/aromatic N) is 1. The number of hydrazone groups is 1. The van der Waals surface area contributed by atoms with Gasteiger partial charge in [0.2, 0.25) is 0 Å². The second kappa shape index (κ2) is 8.80. The summed E-state index contributed by atoms with van der Waals surface area (Å²) in [6, 6.07) is 8.55. The summed E-state index contributed by atoms with van der Waals surface area (Å²) in [7, 11) is 0. The maximum absolute atomic E-state index is 13.5. The molecule has 0 bridgehead atoms. The van der Waals surface area contributed by atoms with Crippen molar-refractivity contribution in [3.8, 4) is 0 Å². The molecule has 5 nitrogen and oxygen atoms in total. The van der Waals surface area contributed by atoms with Crippen LogP contribution in [0.1, 0.15) is 15.9 Å². The van der Waals surface area contributed by atoms with Crippen LogP contribution in [0.4, 0.5) is 4.39 Å². The summed E-state index contributed by atoms with van der Waals surface area (Å²) in [6.45, 7) is -0.357. The van der Waals surface area contributed by atoms with E-state index in [-0.39, 0.29) is 27.7 Å². The van der Waals surface area contributed by atoms with E-state index in [4.69, 9.17) is 34.8 Å². The molecule has 0 spiro atoms. The molecule has 0 aliphatic heterocycles. The number of halogens is 4. The standard InChI is InChI=1S/C16H11Cl3FN3O2/c17-9-4-5-13(19)10(6-9)16(25)21-8-15(24)23-22-7-11-12(18)2-1-3-14(11)20/h1-7H,8H2,(H,21,25)(H,23,24)/b22-7+. The Hall–Kier alpha value is -2.15. The first kappa shape index (κ1) is 19.2. The molecule has 0 fully saturated rings. The highest BCUT2D eigenvalue weighted by atomic mass is 35.5. The fraction of sp³-hybridized carbons (Fsp3) is 0.0625. The van der Waals surface area contributed by atoms with Gasteiger partial charge >= 0.3 is 0 Å². The van der Waals surface area contributed by atoms with Crippen LogP contribution in [-0.2, 0) is 4.79 Å². The Balaban J connectivity index is 1.89. The van der Waals surface area contributed by atoms with Gasteiger partial charge in [-0.05, 0) is 30.3 Å².